The van der Waals surface area contributed by atoms with Crippen molar-refractivity contribution in [3.8, 4) is 0 Å². The van der Waals surface area contributed by atoms with Crippen LogP contribution in [-0.2, 0) is 10.2 Å². The predicted octanol–water partition coefficient (Wildman–Crippen LogP) is 4.04. The Morgan fingerprint density at radius 2 is 1.88 bits per heavy atom. The number of likely N-dealkylation sites (tertiary alicyclic amines) is 1. The van der Waals surface area contributed by atoms with Crippen molar-refractivity contribution < 1.29 is 4.79 Å². The highest BCUT2D eigenvalue weighted by molar-refractivity contribution is 5.73. The average molecular weight is 328 g/mol. The fraction of sp³-hybridized carbons (Fsp3) is 0.667. The molecule has 1 atom stereocenters. The highest BCUT2D eigenvalue weighted by atomic mass is 16.1. The summed E-state index contributed by atoms with van der Waals surface area (Å²) in [5, 5.41) is 3.15. The highest BCUT2D eigenvalue weighted by Gasteiger charge is 2.42. The summed E-state index contributed by atoms with van der Waals surface area (Å²) in [7, 11) is 0. The van der Waals surface area contributed by atoms with E-state index in [1.165, 1.54) is 50.0 Å². The lowest BCUT2D eigenvalue weighted by Crippen LogP contribution is -2.47. The van der Waals surface area contributed by atoms with Gasteiger partial charge in [-0.15, -0.1) is 0 Å². The van der Waals surface area contributed by atoms with Crippen molar-refractivity contribution in [2.45, 2.75) is 64.8 Å². The van der Waals surface area contributed by atoms with Crippen LogP contribution < -0.4 is 5.32 Å². The number of fused-ring (bicyclic) bond motifs is 2. The normalized spacial score (nSPS) is 23.8. The van der Waals surface area contributed by atoms with Gasteiger partial charge in [-0.05, 0) is 60.7 Å². The summed E-state index contributed by atoms with van der Waals surface area (Å²) in [6.07, 6.45) is 4.74. The van der Waals surface area contributed by atoms with Gasteiger partial charge in [0.1, 0.15) is 0 Å². The zero-order chi connectivity index (χ0) is 17.4. The van der Waals surface area contributed by atoms with Gasteiger partial charge in [-0.2, -0.15) is 0 Å². The van der Waals surface area contributed by atoms with Gasteiger partial charge in [0, 0.05) is 13.5 Å². The van der Waals surface area contributed by atoms with Crippen molar-refractivity contribution in [1.29, 1.82) is 0 Å². The number of rotatable bonds is 2. The molecular weight excluding hydrogens is 296 g/mol. The summed E-state index contributed by atoms with van der Waals surface area (Å²) < 4.78 is 0. The molecule has 1 saturated heterocycles. The van der Waals surface area contributed by atoms with Crippen molar-refractivity contribution in [1.82, 2.24) is 10.2 Å². The fourth-order valence-corrected chi connectivity index (χ4v) is 4.72. The molecule has 3 rings (SSSR count). The molecule has 1 aliphatic carbocycles. The largest absolute Gasteiger partial charge is 0.350 e. The van der Waals surface area contributed by atoms with E-state index in [1.54, 1.807) is 6.92 Å². The first kappa shape index (κ1) is 17.5. The number of piperidine rings is 1. The van der Waals surface area contributed by atoms with Gasteiger partial charge in [0.15, 0.2) is 0 Å². The number of hydrogen-bond acceptors (Lipinski definition) is 2. The molecule has 0 unspecified atom stereocenters. The number of hydrogen-bond donors (Lipinski definition) is 1. The maximum absolute atomic E-state index is 11.5. The third-order valence-corrected chi connectivity index (χ3v) is 5.71. The summed E-state index contributed by atoms with van der Waals surface area (Å²) in [6.45, 7) is 12.2. The Hall–Kier alpha value is -1.35. The predicted molar refractivity (Wildman–Crippen MR) is 99.0 cm³/mol. The summed E-state index contributed by atoms with van der Waals surface area (Å²) >= 11 is 0. The highest BCUT2D eigenvalue weighted by Crippen LogP contribution is 2.48. The van der Waals surface area contributed by atoms with Crippen LogP contribution in [0.2, 0.25) is 0 Å². The van der Waals surface area contributed by atoms with Crippen LogP contribution in [0.4, 0.5) is 0 Å². The molecule has 1 N–H and O–H groups in total. The Morgan fingerprint density at radius 3 is 2.50 bits per heavy atom. The molecule has 1 aromatic carbocycles. The van der Waals surface area contributed by atoms with Gasteiger partial charge in [-0.1, -0.05) is 45.0 Å². The number of carbonyl (C=O) groups is 1. The minimum Gasteiger partial charge on any atom is -0.350 e. The van der Waals surface area contributed by atoms with E-state index in [9.17, 15) is 4.79 Å². The van der Waals surface area contributed by atoms with Gasteiger partial charge >= 0.3 is 0 Å². The Labute approximate surface area is 146 Å². The summed E-state index contributed by atoms with van der Waals surface area (Å²) in [6, 6.07) is 9.00. The van der Waals surface area contributed by atoms with Crippen molar-refractivity contribution in [3.63, 3.8) is 0 Å². The summed E-state index contributed by atoms with van der Waals surface area (Å²) in [4.78, 5) is 14.2. The van der Waals surface area contributed by atoms with Crippen molar-refractivity contribution >= 4 is 5.91 Å². The van der Waals surface area contributed by atoms with Gasteiger partial charge in [-0.25, -0.2) is 0 Å². The summed E-state index contributed by atoms with van der Waals surface area (Å²) in [5.74, 6) is 0.0748. The third kappa shape index (κ3) is 3.66. The number of nitrogens with one attached hydrogen (secondary N) is 1. The van der Waals surface area contributed by atoms with Crippen molar-refractivity contribution in [3.05, 3.63) is 35.4 Å². The van der Waals surface area contributed by atoms with E-state index < -0.39 is 0 Å². The van der Waals surface area contributed by atoms with Gasteiger partial charge in [-0.3, -0.25) is 4.79 Å². The zero-order valence-electron chi connectivity index (χ0n) is 15.7. The third-order valence-electron chi connectivity index (χ3n) is 5.71. The quantitative estimate of drug-likeness (QED) is 0.889. The number of benzene rings is 1. The molecule has 3 nitrogen and oxygen atoms in total. The topological polar surface area (TPSA) is 32.3 Å². The molecule has 1 aliphatic heterocycles. The van der Waals surface area contributed by atoms with E-state index in [2.05, 4.69) is 55.3 Å². The molecule has 0 aromatic heterocycles. The maximum atomic E-state index is 11.5. The van der Waals surface area contributed by atoms with Crippen LogP contribution in [0.25, 0.3) is 0 Å². The van der Waals surface area contributed by atoms with Gasteiger partial charge in [0.05, 0.1) is 6.04 Å². The molecule has 0 radical (unpaired) electrons. The van der Waals surface area contributed by atoms with E-state index in [0.717, 1.165) is 6.42 Å². The second-order valence-electron chi connectivity index (χ2n) is 9.00. The molecule has 24 heavy (non-hydrogen) atoms. The summed E-state index contributed by atoms with van der Waals surface area (Å²) in [5.41, 5.74) is 3.53. The lowest BCUT2D eigenvalue weighted by Gasteiger charge is -2.48. The van der Waals surface area contributed by atoms with E-state index >= 15 is 0 Å². The van der Waals surface area contributed by atoms with E-state index in [-0.39, 0.29) is 11.9 Å². The van der Waals surface area contributed by atoms with Gasteiger partial charge < -0.3 is 10.2 Å². The molecule has 1 amide bonds. The Morgan fingerprint density at radius 1 is 1.21 bits per heavy atom. The minimum absolute atomic E-state index is 0.0748. The molecule has 132 valence electrons. The molecule has 1 spiro atoms. The van der Waals surface area contributed by atoms with Gasteiger partial charge in [0.25, 0.3) is 0 Å². The first-order chi connectivity index (χ1) is 11.3. The molecule has 0 bridgehead atoms. The molecule has 2 aliphatic rings. The zero-order valence-corrected chi connectivity index (χ0v) is 15.7. The maximum Gasteiger partial charge on any atom is 0.217 e. The monoisotopic (exact) mass is 328 g/mol. The first-order valence-corrected chi connectivity index (χ1v) is 9.38. The molecule has 1 aromatic rings. The van der Waals surface area contributed by atoms with Crippen LogP contribution in [0.5, 0.6) is 0 Å². The Kier molecular flexibility index (Phi) is 4.74. The van der Waals surface area contributed by atoms with Crippen LogP contribution in [0.3, 0.4) is 0 Å². The van der Waals surface area contributed by atoms with Crippen molar-refractivity contribution in [2.75, 3.05) is 19.6 Å². The lowest BCUT2D eigenvalue weighted by atomic mass is 9.63. The van der Waals surface area contributed by atoms with E-state index in [0.29, 0.717) is 10.8 Å². The van der Waals surface area contributed by atoms with Crippen LogP contribution in [0, 0.1) is 5.41 Å². The second kappa shape index (κ2) is 6.51. The fourth-order valence-electron chi connectivity index (χ4n) is 4.72. The molecule has 3 heteroatoms. The Balaban J connectivity index is 1.79. The first-order valence-electron chi connectivity index (χ1n) is 9.38. The van der Waals surface area contributed by atoms with E-state index in [1.807, 2.05) is 0 Å². The standard InChI is InChI=1S/C21H32N2O/c1-16(24)22-19-9-10-21(18-8-6-5-7-17(18)19)11-13-23(14-12-21)15-20(2,3)4/h5-8,19H,9-15H2,1-4H3,(H,22,24)/t19-/m0/s1. The number of amides is 1. The molecular formula is C21H32N2O. The van der Waals surface area contributed by atoms with Crippen LogP contribution in [-0.4, -0.2) is 30.4 Å². The van der Waals surface area contributed by atoms with Gasteiger partial charge in [0.2, 0.25) is 5.91 Å². The molecule has 0 saturated carbocycles. The average Bonchev–Trinajstić information content (AvgIpc) is 2.51. The molecule has 1 fully saturated rings. The van der Waals surface area contributed by atoms with E-state index in [4.69, 9.17) is 0 Å². The second-order valence-corrected chi connectivity index (χ2v) is 9.00. The number of carbonyl (C=O) groups excluding carboxylic acids is 1. The smallest absolute Gasteiger partial charge is 0.217 e. The van der Waals surface area contributed by atoms with Crippen LogP contribution >= 0.6 is 0 Å². The molecule has 1 heterocycles. The number of nitrogens with zero attached hydrogens (tertiary/aromatic N) is 1. The van der Waals surface area contributed by atoms with Crippen LogP contribution in [0.15, 0.2) is 24.3 Å². The minimum atomic E-state index is 0.0748. The lowest BCUT2D eigenvalue weighted by molar-refractivity contribution is -0.119. The van der Waals surface area contributed by atoms with Crippen LogP contribution in [0.1, 0.15) is 70.5 Å². The Bertz CT molecular complexity index is 594. The van der Waals surface area contributed by atoms with Crippen molar-refractivity contribution in [2.24, 2.45) is 5.41 Å². The SMILES string of the molecule is CC(=O)N[C@H]1CCC2(CCN(CC(C)(C)C)CC2)c2ccccc21.